The second-order valence-electron chi connectivity index (χ2n) is 9.68. The molecule has 0 bridgehead atoms. The fraction of sp³-hybridized carbons (Fsp3) is 0.444. The van der Waals surface area contributed by atoms with Crippen molar-refractivity contribution in [2.45, 2.75) is 56.5 Å². The van der Waals surface area contributed by atoms with Gasteiger partial charge in [-0.2, -0.15) is 0 Å². The van der Waals surface area contributed by atoms with E-state index in [-0.39, 0.29) is 42.4 Å². The number of alkyl carbamates (subject to hydrolysis) is 1. The van der Waals surface area contributed by atoms with Gasteiger partial charge in [0.1, 0.15) is 6.61 Å². The van der Waals surface area contributed by atoms with Crippen LogP contribution in [-0.4, -0.2) is 41.8 Å². The Labute approximate surface area is 198 Å². The third-order valence-corrected chi connectivity index (χ3v) is 7.58. The summed E-state index contributed by atoms with van der Waals surface area (Å²) in [5.41, 5.74) is 4.67. The number of benzene rings is 2. The van der Waals surface area contributed by atoms with Crippen molar-refractivity contribution < 1.29 is 24.2 Å². The van der Waals surface area contributed by atoms with Crippen molar-refractivity contribution >= 4 is 18.0 Å². The lowest BCUT2D eigenvalue weighted by Gasteiger charge is -2.36. The molecule has 0 aliphatic heterocycles. The number of hydrogen-bond acceptors (Lipinski definition) is 4. The molecule has 2 aromatic carbocycles. The number of rotatable bonds is 6. The number of carbonyl (C=O) groups is 3. The van der Waals surface area contributed by atoms with Crippen LogP contribution in [0, 0.1) is 11.8 Å². The van der Waals surface area contributed by atoms with Gasteiger partial charge < -0.3 is 20.5 Å². The predicted octanol–water partition coefficient (Wildman–Crippen LogP) is 4.06. The van der Waals surface area contributed by atoms with E-state index >= 15 is 0 Å². The Balaban J connectivity index is 1.18. The molecule has 3 aliphatic carbocycles. The molecule has 3 N–H and O–H groups in total. The normalized spacial score (nSPS) is 25.4. The number of carboxylic acids is 1. The molecule has 2 aromatic rings. The Morgan fingerprint density at radius 2 is 1.50 bits per heavy atom. The van der Waals surface area contributed by atoms with Crippen LogP contribution in [0.2, 0.25) is 0 Å². The summed E-state index contributed by atoms with van der Waals surface area (Å²) < 4.78 is 5.68. The SMILES string of the molecule is O=C(N[C@H]1CCCC[C@H]1C(=O)NC1CC(C(=O)O)C1)OCC1c2ccccc2-c2ccccc21. The Morgan fingerprint density at radius 3 is 2.15 bits per heavy atom. The second-order valence-corrected chi connectivity index (χ2v) is 9.68. The van der Waals surface area contributed by atoms with Gasteiger partial charge in [0, 0.05) is 18.0 Å². The van der Waals surface area contributed by atoms with Crippen LogP contribution in [0.1, 0.15) is 55.6 Å². The number of carboxylic acid groups (broad SMARTS) is 1. The molecular weight excluding hydrogens is 432 g/mol. The summed E-state index contributed by atoms with van der Waals surface area (Å²) in [6.45, 7) is 0.238. The molecule has 0 heterocycles. The number of carbonyl (C=O) groups excluding carboxylic acids is 2. The highest BCUT2D eigenvalue weighted by atomic mass is 16.5. The molecule has 2 atom stereocenters. The van der Waals surface area contributed by atoms with Crippen molar-refractivity contribution in [1.82, 2.24) is 10.6 Å². The van der Waals surface area contributed by atoms with Crippen LogP contribution in [0.5, 0.6) is 0 Å². The molecule has 178 valence electrons. The lowest BCUT2D eigenvalue weighted by Crippen LogP contribution is -2.53. The van der Waals surface area contributed by atoms with Gasteiger partial charge in [0.05, 0.1) is 11.8 Å². The zero-order chi connectivity index (χ0) is 23.7. The van der Waals surface area contributed by atoms with E-state index in [0.29, 0.717) is 19.3 Å². The summed E-state index contributed by atoms with van der Waals surface area (Å²) in [5.74, 6) is -1.61. The molecule has 0 saturated heterocycles. The zero-order valence-electron chi connectivity index (χ0n) is 19.0. The average molecular weight is 463 g/mol. The molecule has 2 amide bonds. The number of nitrogens with one attached hydrogen (secondary N) is 2. The van der Waals surface area contributed by atoms with Crippen molar-refractivity contribution in [3.05, 3.63) is 59.7 Å². The van der Waals surface area contributed by atoms with E-state index < -0.39 is 12.1 Å². The molecule has 0 unspecified atom stereocenters. The van der Waals surface area contributed by atoms with Crippen molar-refractivity contribution in [3.63, 3.8) is 0 Å². The van der Waals surface area contributed by atoms with Gasteiger partial charge in [-0.15, -0.1) is 0 Å². The van der Waals surface area contributed by atoms with Gasteiger partial charge in [0.25, 0.3) is 0 Å². The first-order valence-corrected chi connectivity index (χ1v) is 12.2. The molecule has 2 saturated carbocycles. The van der Waals surface area contributed by atoms with Crippen LogP contribution < -0.4 is 10.6 Å². The van der Waals surface area contributed by atoms with Gasteiger partial charge >= 0.3 is 12.1 Å². The molecule has 0 spiro atoms. The maximum atomic E-state index is 12.9. The number of amides is 2. The first kappa shape index (κ1) is 22.4. The molecule has 0 radical (unpaired) electrons. The predicted molar refractivity (Wildman–Crippen MR) is 126 cm³/mol. The van der Waals surface area contributed by atoms with Crippen molar-refractivity contribution in [3.8, 4) is 11.1 Å². The highest BCUT2D eigenvalue weighted by Gasteiger charge is 2.39. The minimum Gasteiger partial charge on any atom is -0.481 e. The van der Waals surface area contributed by atoms with Crippen molar-refractivity contribution in [2.24, 2.45) is 11.8 Å². The minimum atomic E-state index is -0.807. The highest BCUT2D eigenvalue weighted by Crippen LogP contribution is 2.44. The van der Waals surface area contributed by atoms with Crippen LogP contribution >= 0.6 is 0 Å². The summed E-state index contributed by atoms with van der Waals surface area (Å²) in [5, 5.41) is 15.0. The van der Waals surface area contributed by atoms with Gasteiger partial charge in [0.15, 0.2) is 0 Å². The van der Waals surface area contributed by atoms with Gasteiger partial charge in [-0.25, -0.2) is 4.79 Å². The number of ether oxygens (including phenoxy) is 1. The number of fused-ring (bicyclic) bond motifs is 3. The molecule has 7 heteroatoms. The smallest absolute Gasteiger partial charge is 0.407 e. The molecule has 0 aromatic heterocycles. The summed E-state index contributed by atoms with van der Waals surface area (Å²) in [4.78, 5) is 36.6. The summed E-state index contributed by atoms with van der Waals surface area (Å²) >= 11 is 0. The van der Waals surface area contributed by atoms with Gasteiger partial charge in [-0.05, 0) is 47.9 Å². The quantitative estimate of drug-likeness (QED) is 0.600. The lowest BCUT2D eigenvalue weighted by atomic mass is 9.79. The Hall–Kier alpha value is -3.35. The Kier molecular flexibility index (Phi) is 6.26. The molecule has 34 heavy (non-hydrogen) atoms. The highest BCUT2D eigenvalue weighted by molar-refractivity contribution is 5.82. The van der Waals surface area contributed by atoms with E-state index in [9.17, 15) is 14.4 Å². The number of hydrogen-bond donors (Lipinski definition) is 3. The van der Waals surface area contributed by atoms with E-state index in [4.69, 9.17) is 9.84 Å². The van der Waals surface area contributed by atoms with Crippen LogP contribution in [0.3, 0.4) is 0 Å². The molecule has 5 rings (SSSR count). The molecule has 7 nitrogen and oxygen atoms in total. The second kappa shape index (κ2) is 9.49. The van der Waals surface area contributed by atoms with E-state index in [2.05, 4.69) is 34.9 Å². The minimum absolute atomic E-state index is 0.00982. The van der Waals surface area contributed by atoms with Crippen molar-refractivity contribution in [1.29, 1.82) is 0 Å². The topological polar surface area (TPSA) is 105 Å². The fourth-order valence-corrected chi connectivity index (χ4v) is 5.65. The first-order valence-electron chi connectivity index (χ1n) is 12.2. The zero-order valence-corrected chi connectivity index (χ0v) is 19.0. The third kappa shape index (κ3) is 4.39. The average Bonchev–Trinajstić information content (AvgIpc) is 3.13. The molecular formula is C27H30N2O5. The van der Waals surface area contributed by atoms with E-state index in [0.717, 1.165) is 30.4 Å². The maximum absolute atomic E-state index is 12.9. The fourth-order valence-electron chi connectivity index (χ4n) is 5.65. The van der Waals surface area contributed by atoms with E-state index in [1.807, 2.05) is 24.3 Å². The summed E-state index contributed by atoms with van der Waals surface area (Å²) in [7, 11) is 0. The summed E-state index contributed by atoms with van der Waals surface area (Å²) in [6.07, 6.45) is 3.75. The lowest BCUT2D eigenvalue weighted by molar-refractivity contribution is -0.146. The van der Waals surface area contributed by atoms with Crippen molar-refractivity contribution in [2.75, 3.05) is 6.61 Å². The molecule has 3 aliphatic rings. The van der Waals surface area contributed by atoms with Crippen LogP contribution in [0.4, 0.5) is 4.79 Å². The first-order chi connectivity index (χ1) is 16.5. The van der Waals surface area contributed by atoms with Crippen LogP contribution in [0.25, 0.3) is 11.1 Å². The third-order valence-electron chi connectivity index (χ3n) is 7.58. The van der Waals surface area contributed by atoms with Crippen LogP contribution in [0.15, 0.2) is 48.5 Å². The van der Waals surface area contributed by atoms with Gasteiger partial charge in [-0.1, -0.05) is 61.4 Å². The summed E-state index contributed by atoms with van der Waals surface area (Å²) in [6, 6.07) is 16.0. The molecule has 2 fully saturated rings. The standard InChI is InChI=1S/C27H30N2O5/c30-25(28-17-13-16(14-17)26(31)32)22-11-5-6-12-24(22)29-27(33)34-15-23-20-9-3-1-7-18(20)19-8-2-4-10-21(19)23/h1-4,7-10,16-17,22-24H,5-6,11-15H2,(H,28,30)(H,29,33)(H,31,32)/t16?,17?,22-,24+/m1/s1. The van der Waals surface area contributed by atoms with Gasteiger partial charge in [-0.3, -0.25) is 9.59 Å². The largest absolute Gasteiger partial charge is 0.481 e. The Morgan fingerprint density at radius 1 is 0.882 bits per heavy atom. The number of aliphatic carboxylic acids is 1. The van der Waals surface area contributed by atoms with Crippen LogP contribution in [-0.2, 0) is 14.3 Å². The van der Waals surface area contributed by atoms with E-state index in [1.54, 1.807) is 0 Å². The van der Waals surface area contributed by atoms with Gasteiger partial charge in [0.2, 0.25) is 5.91 Å². The monoisotopic (exact) mass is 462 g/mol. The maximum Gasteiger partial charge on any atom is 0.407 e. The van der Waals surface area contributed by atoms with E-state index in [1.165, 1.54) is 11.1 Å². The Bertz CT molecular complexity index is 1050.